The smallest absolute Gasteiger partial charge is 0.251 e. The summed E-state index contributed by atoms with van der Waals surface area (Å²) < 4.78 is 10.6. The minimum atomic E-state index is -0.0525. The highest BCUT2D eigenvalue weighted by molar-refractivity contribution is 7.09. The van der Waals surface area contributed by atoms with Gasteiger partial charge in [-0.05, 0) is 49.3 Å². The first kappa shape index (κ1) is 18.3. The highest BCUT2D eigenvalue weighted by Crippen LogP contribution is 2.37. The maximum absolute atomic E-state index is 12.8. The van der Waals surface area contributed by atoms with Crippen LogP contribution in [0.3, 0.4) is 0 Å². The normalized spacial score (nSPS) is 24.6. The largest absolute Gasteiger partial charge is 0.497 e. The number of hydrogen-bond acceptors (Lipinski definition) is 5. The lowest BCUT2D eigenvalue weighted by Gasteiger charge is -2.39. The Hall–Kier alpha value is -2.05. The lowest BCUT2D eigenvalue weighted by Crippen LogP contribution is -2.49. The third-order valence-electron chi connectivity index (χ3n) is 5.75. The molecule has 2 aromatic rings. The number of carbonyl (C=O) groups is 1. The molecule has 2 aliphatic rings. The molecular weight excluding hydrogens is 360 g/mol. The van der Waals surface area contributed by atoms with Gasteiger partial charge < -0.3 is 14.8 Å². The predicted molar refractivity (Wildman–Crippen MR) is 107 cm³/mol. The van der Waals surface area contributed by atoms with Crippen LogP contribution in [0.4, 0.5) is 0 Å². The van der Waals surface area contributed by atoms with Crippen molar-refractivity contribution in [2.24, 2.45) is 0 Å². The van der Waals surface area contributed by atoms with E-state index in [0.29, 0.717) is 29.1 Å². The van der Waals surface area contributed by atoms with Crippen molar-refractivity contribution in [1.29, 1.82) is 0 Å². The molecule has 1 aromatic carbocycles. The lowest BCUT2D eigenvalue weighted by molar-refractivity contribution is 0.0830. The van der Waals surface area contributed by atoms with Crippen LogP contribution in [0.15, 0.2) is 35.7 Å². The highest BCUT2D eigenvalue weighted by Gasteiger charge is 2.41. The van der Waals surface area contributed by atoms with Crippen LogP contribution in [0.1, 0.15) is 40.9 Å². The second kappa shape index (κ2) is 7.90. The number of nitrogens with one attached hydrogen (secondary N) is 1. The number of nitrogens with zero attached hydrogens (tertiary/aromatic N) is 1. The van der Waals surface area contributed by atoms with E-state index in [1.165, 1.54) is 17.7 Å². The Labute approximate surface area is 164 Å². The Kier molecular flexibility index (Phi) is 5.36. The summed E-state index contributed by atoms with van der Waals surface area (Å²) >= 11 is 1.83. The second-order valence-electron chi connectivity index (χ2n) is 7.38. The van der Waals surface area contributed by atoms with Crippen LogP contribution < -0.4 is 14.8 Å². The van der Waals surface area contributed by atoms with Gasteiger partial charge in [-0.2, -0.15) is 0 Å². The molecule has 0 spiro atoms. The topological polar surface area (TPSA) is 50.8 Å². The Bertz CT molecular complexity index is 756. The number of carbonyl (C=O) groups excluding carboxylic acids is 1. The first-order valence-electron chi connectivity index (χ1n) is 9.48. The third-order valence-corrected chi connectivity index (χ3v) is 6.61. The van der Waals surface area contributed by atoms with E-state index in [-0.39, 0.29) is 11.9 Å². The van der Waals surface area contributed by atoms with Crippen LogP contribution >= 0.6 is 11.3 Å². The molecule has 1 aromatic heterocycles. The number of ether oxygens (including phenoxy) is 2. The standard InChI is InChI=1S/C21H26N2O3S/c1-25-18-8-14(9-19(12-18)26-2)21(24)22-15-10-16-5-6-17(11-15)23(16)13-20-4-3-7-27-20/h3-4,7-9,12,15-17H,5-6,10-11,13H2,1-2H3,(H,22,24). The molecule has 3 heterocycles. The van der Waals surface area contributed by atoms with Crippen LogP contribution in [0.5, 0.6) is 11.5 Å². The summed E-state index contributed by atoms with van der Waals surface area (Å²) in [5.74, 6) is 1.21. The van der Waals surface area contributed by atoms with E-state index in [1.807, 2.05) is 11.3 Å². The SMILES string of the molecule is COc1cc(OC)cc(C(=O)NC2CC3CCC(C2)N3Cc2cccs2)c1. The van der Waals surface area contributed by atoms with E-state index in [9.17, 15) is 4.79 Å². The van der Waals surface area contributed by atoms with Crippen molar-refractivity contribution in [3.05, 3.63) is 46.2 Å². The number of fused-ring (bicyclic) bond motifs is 2. The van der Waals surface area contributed by atoms with E-state index < -0.39 is 0 Å². The molecule has 2 bridgehead atoms. The Balaban J connectivity index is 1.41. The van der Waals surface area contributed by atoms with E-state index in [2.05, 4.69) is 27.7 Å². The van der Waals surface area contributed by atoms with Gasteiger partial charge in [0, 0.05) is 41.2 Å². The summed E-state index contributed by atoms with van der Waals surface area (Å²) in [7, 11) is 3.19. The van der Waals surface area contributed by atoms with Crippen LogP contribution in [0, 0.1) is 0 Å². The summed E-state index contributed by atoms with van der Waals surface area (Å²) in [6, 6.07) is 11.0. The molecule has 5 nitrogen and oxygen atoms in total. The van der Waals surface area contributed by atoms with Crippen molar-refractivity contribution in [2.45, 2.75) is 50.4 Å². The van der Waals surface area contributed by atoms with Crippen molar-refractivity contribution < 1.29 is 14.3 Å². The van der Waals surface area contributed by atoms with Crippen molar-refractivity contribution in [1.82, 2.24) is 10.2 Å². The summed E-state index contributed by atoms with van der Waals surface area (Å²) in [6.45, 7) is 1.04. The molecule has 1 amide bonds. The van der Waals surface area contributed by atoms with Crippen molar-refractivity contribution >= 4 is 17.2 Å². The predicted octanol–water partition coefficient (Wildman–Crippen LogP) is 3.69. The molecule has 4 rings (SSSR count). The van der Waals surface area contributed by atoms with Gasteiger partial charge in [0.05, 0.1) is 14.2 Å². The van der Waals surface area contributed by atoms with Crippen molar-refractivity contribution in [3.8, 4) is 11.5 Å². The van der Waals surface area contributed by atoms with E-state index in [4.69, 9.17) is 9.47 Å². The molecule has 0 aliphatic carbocycles. The van der Waals surface area contributed by atoms with Gasteiger partial charge in [-0.1, -0.05) is 6.07 Å². The van der Waals surface area contributed by atoms with Crippen LogP contribution in [-0.4, -0.2) is 43.2 Å². The van der Waals surface area contributed by atoms with Crippen LogP contribution in [0.25, 0.3) is 0 Å². The minimum Gasteiger partial charge on any atom is -0.497 e. The van der Waals surface area contributed by atoms with Gasteiger partial charge in [0.1, 0.15) is 11.5 Å². The monoisotopic (exact) mass is 386 g/mol. The van der Waals surface area contributed by atoms with E-state index in [1.54, 1.807) is 32.4 Å². The fourth-order valence-corrected chi connectivity index (χ4v) is 5.15. The summed E-state index contributed by atoms with van der Waals surface area (Å²) in [5.41, 5.74) is 0.583. The number of thiophene rings is 1. The Morgan fingerprint density at radius 3 is 2.37 bits per heavy atom. The third kappa shape index (κ3) is 3.96. The van der Waals surface area contributed by atoms with Crippen LogP contribution in [0.2, 0.25) is 0 Å². The summed E-state index contributed by atoms with van der Waals surface area (Å²) in [5, 5.41) is 5.39. The second-order valence-corrected chi connectivity index (χ2v) is 8.41. The first-order valence-corrected chi connectivity index (χ1v) is 10.4. The fraction of sp³-hybridized carbons (Fsp3) is 0.476. The average molecular weight is 387 g/mol. The molecular formula is C21H26N2O3S. The molecule has 2 unspecified atom stereocenters. The van der Waals surface area contributed by atoms with Gasteiger partial charge >= 0.3 is 0 Å². The lowest BCUT2D eigenvalue weighted by atomic mass is 9.96. The maximum Gasteiger partial charge on any atom is 0.251 e. The molecule has 2 aliphatic heterocycles. The molecule has 27 heavy (non-hydrogen) atoms. The summed E-state index contributed by atoms with van der Waals surface area (Å²) in [6.07, 6.45) is 4.51. The van der Waals surface area contributed by atoms with Crippen molar-refractivity contribution in [2.75, 3.05) is 14.2 Å². The number of rotatable bonds is 6. The maximum atomic E-state index is 12.8. The van der Waals surface area contributed by atoms with Crippen molar-refractivity contribution in [3.63, 3.8) is 0 Å². The zero-order chi connectivity index (χ0) is 18.8. The summed E-state index contributed by atoms with van der Waals surface area (Å²) in [4.78, 5) is 16.9. The van der Waals surface area contributed by atoms with Gasteiger partial charge in [-0.25, -0.2) is 0 Å². The molecule has 2 fully saturated rings. The zero-order valence-electron chi connectivity index (χ0n) is 15.8. The number of piperidine rings is 1. The molecule has 6 heteroatoms. The first-order chi connectivity index (χ1) is 13.2. The molecule has 0 saturated carbocycles. The zero-order valence-corrected chi connectivity index (χ0v) is 16.6. The van der Waals surface area contributed by atoms with Crippen LogP contribution in [-0.2, 0) is 6.54 Å². The number of hydrogen-bond donors (Lipinski definition) is 1. The van der Waals surface area contributed by atoms with Gasteiger partial charge in [0.15, 0.2) is 0 Å². The molecule has 2 atom stereocenters. The molecule has 0 radical (unpaired) electrons. The fourth-order valence-electron chi connectivity index (χ4n) is 4.44. The van der Waals surface area contributed by atoms with E-state index in [0.717, 1.165) is 19.4 Å². The van der Waals surface area contributed by atoms with Gasteiger partial charge in [0.25, 0.3) is 5.91 Å². The van der Waals surface area contributed by atoms with E-state index >= 15 is 0 Å². The average Bonchev–Trinajstić information content (AvgIpc) is 3.27. The molecule has 2 saturated heterocycles. The number of amides is 1. The van der Waals surface area contributed by atoms with Gasteiger partial charge in [-0.3, -0.25) is 9.69 Å². The molecule has 1 N–H and O–H groups in total. The quantitative estimate of drug-likeness (QED) is 0.823. The minimum absolute atomic E-state index is 0.0525. The molecule has 144 valence electrons. The van der Waals surface area contributed by atoms with Gasteiger partial charge in [-0.15, -0.1) is 11.3 Å². The highest BCUT2D eigenvalue weighted by atomic mass is 32.1. The Morgan fingerprint density at radius 1 is 1.15 bits per heavy atom. The number of methoxy groups -OCH3 is 2. The number of benzene rings is 1. The van der Waals surface area contributed by atoms with Gasteiger partial charge in [0.2, 0.25) is 0 Å². The Morgan fingerprint density at radius 2 is 1.81 bits per heavy atom.